The number of likely N-dealkylation sites (N-methyl/N-ethyl adjacent to an activating group) is 1. The maximum Gasteiger partial charge on any atom is 0.239 e. The van der Waals surface area contributed by atoms with Gasteiger partial charge in [-0.05, 0) is 36.9 Å². The Bertz CT molecular complexity index is 513. The van der Waals surface area contributed by atoms with Gasteiger partial charge in [0.25, 0.3) is 0 Å². The lowest BCUT2D eigenvalue weighted by Crippen LogP contribution is -2.21. The number of rotatable bonds is 6. The maximum absolute atomic E-state index is 5.82. The third-order valence-electron chi connectivity index (χ3n) is 2.82. The highest BCUT2D eigenvalue weighted by Gasteiger charge is 2.08. The molecule has 0 aliphatic carbocycles. The summed E-state index contributed by atoms with van der Waals surface area (Å²) in [6.07, 6.45) is 1.02. The number of nitrogens with two attached hydrogens (primary N) is 1. The minimum absolute atomic E-state index is 0.517. The highest BCUT2D eigenvalue weighted by molar-refractivity contribution is 7.09. The molecule has 2 N–H and O–H groups in total. The molecule has 0 unspecified atom stereocenters. The zero-order chi connectivity index (χ0) is 13.7. The van der Waals surface area contributed by atoms with E-state index in [4.69, 9.17) is 10.5 Å². The second-order valence-electron chi connectivity index (χ2n) is 4.25. The van der Waals surface area contributed by atoms with Gasteiger partial charge < -0.3 is 15.4 Å². The van der Waals surface area contributed by atoms with Crippen LogP contribution < -0.4 is 15.4 Å². The molecular weight excluding hydrogens is 258 g/mol. The van der Waals surface area contributed by atoms with Gasteiger partial charge in [-0.3, -0.25) is 0 Å². The van der Waals surface area contributed by atoms with Gasteiger partial charge >= 0.3 is 0 Å². The average Bonchev–Trinajstić information content (AvgIpc) is 2.92. The Hall–Kier alpha value is -1.75. The van der Waals surface area contributed by atoms with Crippen LogP contribution in [0.2, 0.25) is 0 Å². The Labute approximate surface area is 117 Å². The number of aromatic nitrogens is 1. The summed E-state index contributed by atoms with van der Waals surface area (Å²) in [6, 6.07) is 8.00. The lowest BCUT2D eigenvalue weighted by molar-refractivity contribution is 0.329. The molecule has 102 valence electrons. The van der Waals surface area contributed by atoms with Crippen molar-refractivity contribution in [2.24, 2.45) is 0 Å². The zero-order valence-electron chi connectivity index (χ0n) is 11.3. The largest absolute Gasteiger partial charge is 0.476 e. The van der Waals surface area contributed by atoms with Crippen LogP contribution in [0.25, 0.3) is 0 Å². The Morgan fingerprint density at radius 2 is 2.21 bits per heavy atom. The van der Waals surface area contributed by atoms with Crippen molar-refractivity contribution < 1.29 is 4.74 Å². The lowest BCUT2D eigenvalue weighted by atomic mass is 10.3. The van der Waals surface area contributed by atoms with Gasteiger partial charge in [0, 0.05) is 18.5 Å². The minimum Gasteiger partial charge on any atom is -0.476 e. The van der Waals surface area contributed by atoms with E-state index < -0.39 is 0 Å². The second kappa shape index (κ2) is 6.43. The number of thiophene rings is 1. The van der Waals surface area contributed by atoms with Crippen molar-refractivity contribution in [2.75, 3.05) is 30.8 Å². The number of pyridine rings is 1. The predicted molar refractivity (Wildman–Crippen MR) is 81.1 cm³/mol. The summed E-state index contributed by atoms with van der Waals surface area (Å²) >= 11 is 1.78. The van der Waals surface area contributed by atoms with Gasteiger partial charge in [0.05, 0.1) is 12.3 Å². The van der Waals surface area contributed by atoms with Crippen LogP contribution in [0.4, 0.5) is 11.5 Å². The van der Waals surface area contributed by atoms with E-state index in [0.717, 1.165) is 18.8 Å². The van der Waals surface area contributed by atoms with E-state index >= 15 is 0 Å². The van der Waals surface area contributed by atoms with Crippen molar-refractivity contribution in [3.05, 3.63) is 34.5 Å². The van der Waals surface area contributed by atoms with Crippen molar-refractivity contribution >= 4 is 22.8 Å². The SMILES string of the molecule is CCOc1nc(N(C)CCc2cccs2)ccc1N. The standard InChI is InChI=1S/C14H19N3OS/c1-3-18-14-12(15)6-7-13(16-14)17(2)9-8-11-5-4-10-19-11/h4-7,10H,3,8-9,15H2,1-2H3. The molecule has 5 heteroatoms. The molecule has 0 aromatic carbocycles. The van der Waals surface area contributed by atoms with E-state index in [1.807, 2.05) is 26.1 Å². The van der Waals surface area contributed by atoms with E-state index in [1.165, 1.54) is 4.88 Å². The van der Waals surface area contributed by atoms with Crippen LogP contribution in [-0.2, 0) is 6.42 Å². The van der Waals surface area contributed by atoms with Crippen molar-refractivity contribution in [3.63, 3.8) is 0 Å². The van der Waals surface area contributed by atoms with Crippen LogP contribution >= 0.6 is 11.3 Å². The molecule has 2 rings (SSSR count). The number of anilines is 2. The van der Waals surface area contributed by atoms with E-state index in [2.05, 4.69) is 27.4 Å². The Morgan fingerprint density at radius 1 is 1.37 bits per heavy atom. The van der Waals surface area contributed by atoms with Gasteiger partial charge in [-0.1, -0.05) is 6.07 Å². The van der Waals surface area contributed by atoms with Gasteiger partial charge in [-0.25, -0.2) is 0 Å². The molecule has 2 aromatic rings. The van der Waals surface area contributed by atoms with E-state index in [-0.39, 0.29) is 0 Å². The van der Waals surface area contributed by atoms with Crippen LogP contribution in [0.1, 0.15) is 11.8 Å². The highest BCUT2D eigenvalue weighted by Crippen LogP contribution is 2.22. The minimum atomic E-state index is 0.517. The highest BCUT2D eigenvalue weighted by atomic mass is 32.1. The summed E-state index contributed by atoms with van der Waals surface area (Å²) in [5.41, 5.74) is 6.40. The molecule has 2 aromatic heterocycles. The summed E-state index contributed by atoms with van der Waals surface area (Å²) in [4.78, 5) is 7.94. The molecule has 0 fully saturated rings. The Morgan fingerprint density at radius 3 is 2.89 bits per heavy atom. The third-order valence-corrected chi connectivity index (χ3v) is 3.76. The molecule has 0 aliphatic rings. The van der Waals surface area contributed by atoms with Crippen LogP contribution in [-0.4, -0.2) is 25.2 Å². The molecule has 0 atom stereocenters. The molecule has 4 nitrogen and oxygen atoms in total. The second-order valence-corrected chi connectivity index (χ2v) is 5.28. The molecule has 19 heavy (non-hydrogen) atoms. The van der Waals surface area contributed by atoms with Crippen molar-refractivity contribution in [3.8, 4) is 5.88 Å². The molecular formula is C14H19N3OS. The van der Waals surface area contributed by atoms with Crippen LogP contribution in [0.3, 0.4) is 0 Å². The van der Waals surface area contributed by atoms with Crippen LogP contribution in [0, 0.1) is 0 Å². The quantitative estimate of drug-likeness (QED) is 0.882. The molecule has 0 aliphatic heterocycles. The first-order valence-electron chi connectivity index (χ1n) is 6.33. The summed E-state index contributed by atoms with van der Waals surface area (Å²) in [7, 11) is 2.03. The summed E-state index contributed by atoms with van der Waals surface area (Å²) in [6.45, 7) is 3.41. The first-order valence-corrected chi connectivity index (χ1v) is 7.21. The molecule has 0 spiro atoms. The number of ether oxygens (including phenoxy) is 1. The fraction of sp³-hybridized carbons (Fsp3) is 0.357. The number of nitrogens with zero attached hydrogens (tertiary/aromatic N) is 2. The van der Waals surface area contributed by atoms with E-state index in [9.17, 15) is 0 Å². The van der Waals surface area contributed by atoms with Gasteiger partial charge in [0.1, 0.15) is 5.82 Å². The predicted octanol–water partition coefficient (Wildman–Crippen LogP) is 2.80. The normalized spacial score (nSPS) is 10.4. The number of hydrogen-bond acceptors (Lipinski definition) is 5. The first kappa shape index (κ1) is 13.7. The van der Waals surface area contributed by atoms with Crippen molar-refractivity contribution in [1.29, 1.82) is 0 Å². The van der Waals surface area contributed by atoms with Gasteiger partial charge in [0.2, 0.25) is 5.88 Å². The molecule has 0 saturated heterocycles. The average molecular weight is 277 g/mol. The van der Waals surface area contributed by atoms with Crippen LogP contribution in [0.15, 0.2) is 29.6 Å². The Kier molecular flexibility index (Phi) is 4.63. The summed E-state index contributed by atoms with van der Waals surface area (Å²) < 4.78 is 5.42. The molecule has 0 bridgehead atoms. The van der Waals surface area contributed by atoms with Crippen LogP contribution in [0.5, 0.6) is 5.88 Å². The van der Waals surface area contributed by atoms with Crippen molar-refractivity contribution in [2.45, 2.75) is 13.3 Å². The fourth-order valence-corrected chi connectivity index (χ4v) is 2.45. The number of hydrogen-bond donors (Lipinski definition) is 1. The van der Waals surface area contributed by atoms with Gasteiger partial charge in [-0.2, -0.15) is 4.98 Å². The molecule has 2 heterocycles. The third kappa shape index (κ3) is 3.61. The van der Waals surface area contributed by atoms with E-state index in [1.54, 1.807) is 11.3 Å². The summed E-state index contributed by atoms with van der Waals surface area (Å²) in [5.74, 6) is 1.40. The smallest absolute Gasteiger partial charge is 0.239 e. The zero-order valence-corrected chi connectivity index (χ0v) is 12.1. The maximum atomic E-state index is 5.82. The first-order chi connectivity index (χ1) is 9.20. The topological polar surface area (TPSA) is 51.4 Å². The monoisotopic (exact) mass is 277 g/mol. The van der Waals surface area contributed by atoms with Gasteiger partial charge in [0.15, 0.2) is 0 Å². The van der Waals surface area contributed by atoms with Gasteiger partial charge in [-0.15, -0.1) is 11.3 Å². The molecule has 0 saturated carbocycles. The molecule has 0 amide bonds. The Balaban J connectivity index is 2.02. The lowest BCUT2D eigenvalue weighted by Gasteiger charge is -2.19. The summed E-state index contributed by atoms with van der Waals surface area (Å²) in [5, 5.41) is 2.10. The number of nitrogen functional groups attached to an aromatic ring is 1. The van der Waals surface area contributed by atoms with Crippen molar-refractivity contribution in [1.82, 2.24) is 4.98 Å². The van der Waals surface area contributed by atoms with E-state index in [0.29, 0.717) is 18.2 Å². The fourth-order valence-electron chi connectivity index (χ4n) is 1.75. The molecule has 0 radical (unpaired) electrons.